The van der Waals surface area contributed by atoms with Crippen molar-refractivity contribution < 1.29 is 28.3 Å². The number of nitriles is 1. The van der Waals surface area contributed by atoms with Gasteiger partial charge in [0.25, 0.3) is 5.91 Å². The topological polar surface area (TPSA) is 173 Å². The summed E-state index contributed by atoms with van der Waals surface area (Å²) in [5.41, 5.74) is 1.85. The van der Waals surface area contributed by atoms with Gasteiger partial charge in [0.1, 0.15) is 23.4 Å². The summed E-state index contributed by atoms with van der Waals surface area (Å²) in [7, 11) is 0. The lowest BCUT2D eigenvalue weighted by molar-refractivity contribution is -0.134. The molecule has 58 heavy (non-hydrogen) atoms. The van der Waals surface area contributed by atoms with Crippen molar-refractivity contribution in [2.24, 2.45) is 0 Å². The zero-order valence-corrected chi connectivity index (χ0v) is 32.5. The van der Waals surface area contributed by atoms with Crippen LogP contribution in [0.4, 0.5) is 20.2 Å². The van der Waals surface area contributed by atoms with Gasteiger partial charge >= 0.3 is 0 Å². The predicted molar refractivity (Wildman–Crippen MR) is 212 cm³/mol. The van der Waals surface area contributed by atoms with Gasteiger partial charge in [-0.25, -0.2) is 13.3 Å². The Bertz CT molecular complexity index is 2410. The molecular formula is C42H46F2N10O4. The molecule has 302 valence electrons. The van der Waals surface area contributed by atoms with Crippen LogP contribution in [-0.2, 0) is 15.2 Å². The number of halogens is 2. The summed E-state index contributed by atoms with van der Waals surface area (Å²) in [5.74, 6) is -4.11. The molecule has 2 saturated heterocycles. The largest absolute Gasteiger partial charge is 0.386 e. The Kier molecular flexibility index (Phi) is 10.7. The number of piperazine rings is 1. The van der Waals surface area contributed by atoms with Gasteiger partial charge in [0.15, 0.2) is 0 Å². The first kappa shape index (κ1) is 39.1. The Balaban J connectivity index is 0.835. The number of aliphatic hydroxyl groups is 1. The molecule has 3 amide bonds. The first-order valence-electron chi connectivity index (χ1n) is 19.8. The minimum atomic E-state index is -1.26. The van der Waals surface area contributed by atoms with Crippen molar-refractivity contribution in [2.45, 2.75) is 76.0 Å². The highest BCUT2D eigenvalue weighted by Crippen LogP contribution is 2.36. The molecule has 1 aliphatic carbocycles. The number of benzene rings is 2. The molecule has 5 aromatic rings. The van der Waals surface area contributed by atoms with Crippen LogP contribution in [0.5, 0.6) is 0 Å². The number of aromatic nitrogens is 4. The van der Waals surface area contributed by atoms with E-state index in [4.69, 9.17) is 5.10 Å². The summed E-state index contributed by atoms with van der Waals surface area (Å²) in [6.45, 7) is 8.25. The maximum absolute atomic E-state index is 14.9. The van der Waals surface area contributed by atoms with E-state index in [1.54, 1.807) is 32.0 Å². The molecule has 1 saturated carbocycles. The molecule has 3 aromatic heterocycles. The van der Waals surface area contributed by atoms with Gasteiger partial charge in [-0.15, -0.1) is 0 Å². The summed E-state index contributed by atoms with van der Waals surface area (Å²) < 4.78 is 33.4. The Morgan fingerprint density at radius 2 is 1.72 bits per heavy atom. The standard InChI is InChI=1S/C42H46F2N10O4/c1-42(2,58)32-21-35-26(18-36(32)48-41(57)37-9-7-30-17-25(22-45)23-47-54(30)37)24-53(50-35)29-5-3-28(4-6-29)52-15-13-51(14-16-52)12-11-46-27-19-33(43)39(34(44)20-27)31-8-10-38(55)49-40(31)56/h7,9,17-21,23-24,28-29,31,46,58H,3-6,8,10-16H2,1-2H3,(H,48,57)(H,49,55,56)/t28?,29?,31-/m1/s1. The normalized spacial score (nSPS) is 20.9. The second-order valence-corrected chi connectivity index (χ2v) is 16.1. The van der Waals surface area contributed by atoms with E-state index in [0.29, 0.717) is 46.3 Å². The van der Waals surface area contributed by atoms with Crippen LogP contribution in [0.25, 0.3) is 16.4 Å². The number of piperidine rings is 1. The SMILES string of the molecule is CC(C)(O)c1cc2nn(C3CCC(N4CCN(CCNc5cc(F)c([C@H]6CCC(=O)NC6=O)c(F)c5)CC4)CC3)cc2cc1NC(=O)c1ccc2cc(C#N)cnn12. The fourth-order valence-corrected chi connectivity index (χ4v) is 8.69. The molecule has 2 aromatic carbocycles. The van der Waals surface area contributed by atoms with E-state index < -0.39 is 40.9 Å². The van der Waals surface area contributed by atoms with Gasteiger partial charge in [-0.1, -0.05) is 0 Å². The van der Waals surface area contributed by atoms with Crippen LogP contribution in [0, 0.1) is 23.0 Å². The lowest BCUT2D eigenvalue weighted by Gasteiger charge is -2.42. The molecule has 8 rings (SSSR count). The first-order chi connectivity index (χ1) is 27.8. The van der Waals surface area contributed by atoms with Gasteiger partial charge < -0.3 is 15.7 Å². The van der Waals surface area contributed by atoms with Crippen LogP contribution in [0.3, 0.4) is 0 Å². The lowest BCUT2D eigenvalue weighted by Crippen LogP contribution is -2.51. The quantitative estimate of drug-likeness (QED) is 0.140. The number of nitrogens with one attached hydrogen (secondary N) is 3. The Labute approximate surface area is 333 Å². The van der Waals surface area contributed by atoms with Gasteiger partial charge in [0.2, 0.25) is 11.8 Å². The highest BCUT2D eigenvalue weighted by atomic mass is 19.1. The van der Waals surface area contributed by atoms with Crippen LogP contribution < -0.4 is 16.0 Å². The van der Waals surface area contributed by atoms with Crippen LogP contribution >= 0.6 is 0 Å². The molecule has 0 spiro atoms. The number of anilines is 2. The molecule has 14 nitrogen and oxygen atoms in total. The van der Waals surface area contributed by atoms with Crippen molar-refractivity contribution in [1.82, 2.24) is 34.5 Å². The minimum Gasteiger partial charge on any atom is -0.386 e. The van der Waals surface area contributed by atoms with E-state index in [1.807, 2.05) is 23.0 Å². The smallest absolute Gasteiger partial charge is 0.274 e. The predicted octanol–water partition coefficient (Wildman–Crippen LogP) is 5.05. The van der Waals surface area contributed by atoms with Crippen molar-refractivity contribution in [3.05, 3.63) is 88.9 Å². The lowest BCUT2D eigenvalue weighted by atomic mass is 9.89. The van der Waals surface area contributed by atoms with Crippen molar-refractivity contribution in [3.8, 4) is 6.07 Å². The van der Waals surface area contributed by atoms with E-state index in [-0.39, 0.29) is 24.4 Å². The van der Waals surface area contributed by atoms with Gasteiger partial charge in [-0.3, -0.25) is 34.2 Å². The van der Waals surface area contributed by atoms with Crippen LogP contribution in [0.1, 0.15) is 91.5 Å². The molecule has 4 N–H and O–H groups in total. The average molecular weight is 793 g/mol. The third-order valence-corrected chi connectivity index (χ3v) is 11.8. The molecule has 5 heterocycles. The zero-order chi connectivity index (χ0) is 40.7. The number of rotatable bonds is 10. The highest BCUT2D eigenvalue weighted by molar-refractivity contribution is 6.05. The van der Waals surface area contributed by atoms with Gasteiger partial charge in [0, 0.05) is 85.8 Å². The summed E-state index contributed by atoms with van der Waals surface area (Å²) in [4.78, 5) is 42.0. The molecule has 3 aliphatic rings. The molecular weight excluding hydrogens is 747 g/mol. The van der Waals surface area contributed by atoms with Crippen molar-refractivity contribution in [3.63, 3.8) is 0 Å². The van der Waals surface area contributed by atoms with Crippen molar-refractivity contribution in [1.29, 1.82) is 5.26 Å². The fraction of sp³-hybridized carbons (Fsp3) is 0.429. The number of imide groups is 1. The van der Waals surface area contributed by atoms with Crippen LogP contribution in [0.15, 0.2) is 54.9 Å². The fourth-order valence-electron chi connectivity index (χ4n) is 8.69. The maximum Gasteiger partial charge on any atom is 0.274 e. The van der Waals surface area contributed by atoms with E-state index in [1.165, 1.54) is 22.8 Å². The van der Waals surface area contributed by atoms with Gasteiger partial charge in [-0.2, -0.15) is 15.5 Å². The maximum atomic E-state index is 14.9. The number of hydrogen-bond donors (Lipinski definition) is 4. The number of hydrogen-bond acceptors (Lipinski definition) is 10. The van der Waals surface area contributed by atoms with Gasteiger partial charge in [-0.05, 0) is 88.4 Å². The third-order valence-electron chi connectivity index (χ3n) is 11.8. The monoisotopic (exact) mass is 792 g/mol. The zero-order valence-electron chi connectivity index (χ0n) is 32.5. The van der Waals surface area contributed by atoms with Crippen LogP contribution in [0.2, 0.25) is 0 Å². The first-order valence-corrected chi connectivity index (χ1v) is 19.8. The van der Waals surface area contributed by atoms with Crippen molar-refractivity contribution >= 4 is 45.5 Å². The number of fused-ring (bicyclic) bond motifs is 2. The van der Waals surface area contributed by atoms with E-state index in [0.717, 1.165) is 69.3 Å². The van der Waals surface area contributed by atoms with E-state index in [9.17, 15) is 33.5 Å². The number of carbonyl (C=O) groups excluding carboxylic acids is 3. The molecule has 16 heteroatoms. The third kappa shape index (κ3) is 8.02. The molecule has 3 fully saturated rings. The number of carbonyl (C=O) groups is 3. The second kappa shape index (κ2) is 15.9. The Morgan fingerprint density at radius 1 is 1.00 bits per heavy atom. The summed E-state index contributed by atoms with van der Waals surface area (Å²) >= 11 is 0. The van der Waals surface area contributed by atoms with Crippen molar-refractivity contribution in [2.75, 3.05) is 49.9 Å². The van der Waals surface area contributed by atoms with Crippen LogP contribution in [-0.4, -0.2) is 97.3 Å². The van der Waals surface area contributed by atoms with E-state index >= 15 is 0 Å². The second-order valence-electron chi connectivity index (χ2n) is 16.1. The number of amides is 3. The molecule has 1 atom stereocenters. The molecule has 0 unspecified atom stereocenters. The molecule has 0 bridgehead atoms. The number of nitrogens with zero attached hydrogens (tertiary/aromatic N) is 7. The van der Waals surface area contributed by atoms with E-state index in [2.05, 4.69) is 36.9 Å². The molecule has 0 radical (unpaired) electrons. The summed E-state index contributed by atoms with van der Waals surface area (Å²) in [6.07, 6.45) is 7.59. The highest BCUT2D eigenvalue weighted by Gasteiger charge is 2.33. The van der Waals surface area contributed by atoms with Gasteiger partial charge in [0.05, 0.1) is 40.4 Å². The Morgan fingerprint density at radius 3 is 2.41 bits per heavy atom. The Hall–Kier alpha value is -5.76. The summed E-state index contributed by atoms with van der Waals surface area (Å²) in [6, 6.07) is 13.9. The summed E-state index contributed by atoms with van der Waals surface area (Å²) in [5, 5.41) is 38.6. The molecule has 2 aliphatic heterocycles. The minimum absolute atomic E-state index is 0.0476. The average Bonchev–Trinajstić information content (AvgIpc) is 3.82.